The fraction of sp³-hybridized carbons (Fsp3) is 0.688. The molecule has 17 heavy (non-hydrogen) atoms. The summed E-state index contributed by atoms with van der Waals surface area (Å²) >= 11 is 0. The summed E-state index contributed by atoms with van der Waals surface area (Å²) in [4.78, 5) is 12.4. The minimum atomic E-state index is 0.137. The normalized spacial score (nSPS) is 27.4. The fourth-order valence-electron chi connectivity index (χ4n) is 3.26. The van der Waals surface area contributed by atoms with Crippen LogP contribution in [0.3, 0.4) is 0 Å². The zero-order valence-corrected chi connectivity index (χ0v) is 11.8. The van der Waals surface area contributed by atoms with Crippen LogP contribution in [0.25, 0.3) is 0 Å². The summed E-state index contributed by atoms with van der Waals surface area (Å²) in [5.41, 5.74) is 4.00. The number of Topliss-reactive ketones (excluding diaryl/α,β-unsaturated/α-hetero) is 1. The fourth-order valence-corrected chi connectivity index (χ4v) is 3.26. The van der Waals surface area contributed by atoms with Gasteiger partial charge in [-0.1, -0.05) is 39.3 Å². The second-order valence-electron chi connectivity index (χ2n) is 7.10. The average Bonchev–Trinajstić information content (AvgIpc) is 2.23. The van der Waals surface area contributed by atoms with Crippen molar-refractivity contribution in [2.45, 2.75) is 60.3 Å². The van der Waals surface area contributed by atoms with E-state index in [-0.39, 0.29) is 10.8 Å². The van der Waals surface area contributed by atoms with Gasteiger partial charge in [-0.25, -0.2) is 0 Å². The summed E-state index contributed by atoms with van der Waals surface area (Å²) in [6.45, 7) is 11.1. The van der Waals surface area contributed by atoms with Crippen LogP contribution in [0, 0.1) is 10.8 Å². The van der Waals surface area contributed by atoms with Gasteiger partial charge in [-0.05, 0) is 42.6 Å². The zero-order chi connectivity index (χ0) is 12.8. The molecule has 2 aliphatic rings. The van der Waals surface area contributed by atoms with Gasteiger partial charge in [0, 0.05) is 12.0 Å². The van der Waals surface area contributed by atoms with Gasteiger partial charge in [0.25, 0.3) is 0 Å². The second kappa shape index (κ2) is 3.83. The third-order valence-electron chi connectivity index (χ3n) is 4.31. The quantitative estimate of drug-likeness (QED) is 0.603. The molecule has 0 aromatic carbocycles. The van der Waals surface area contributed by atoms with Gasteiger partial charge in [-0.15, -0.1) is 0 Å². The molecule has 1 heteroatoms. The lowest BCUT2D eigenvalue weighted by molar-refractivity contribution is -0.118. The van der Waals surface area contributed by atoms with E-state index >= 15 is 0 Å². The van der Waals surface area contributed by atoms with Crippen molar-refractivity contribution < 1.29 is 4.79 Å². The Morgan fingerprint density at radius 3 is 2.41 bits per heavy atom. The van der Waals surface area contributed by atoms with Crippen LogP contribution in [0.5, 0.6) is 0 Å². The number of hydrogen-bond donors (Lipinski definition) is 0. The SMILES string of the molecule is CC1=CCCC(C)(C)C2=C1C(=O)CC(C)(C)C2. The molecule has 0 fully saturated rings. The van der Waals surface area contributed by atoms with Crippen molar-refractivity contribution in [3.63, 3.8) is 0 Å². The first-order chi connectivity index (χ1) is 7.73. The molecule has 0 aromatic rings. The highest BCUT2D eigenvalue weighted by atomic mass is 16.1. The molecule has 0 amide bonds. The van der Waals surface area contributed by atoms with Gasteiger partial charge in [0.2, 0.25) is 0 Å². The average molecular weight is 232 g/mol. The van der Waals surface area contributed by atoms with Gasteiger partial charge in [0.05, 0.1) is 0 Å². The lowest BCUT2D eigenvalue weighted by atomic mass is 9.65. The smallest absolute Gasteiger partial charge is 0.163 e. The minimum absolute atomic E-state index is 0.137. The Labute approximate surface area is 105 Å². The van der Waals surface area contributed by atoms with E-state index < -0.39 is 0 Å². The number of rotatable bonds is 0. The van der Waals surface area contributed by atoms with Crippen LogP contribution in [0.1, 0.15) is 60.3 Å². The summed E-state index contributed by atoms with van der Waals surface area (Å²) in [6, 6.07) is 0. The van der Waals surface area contributed by atoms with Gasteiger partial charge in [0.1, 0.15) is 0 Å². The number of hydrogen-bond acceptors (Lipinski definition) is 1. The summed E-state index contributed by atoms with van der Waals surface area (Å²) in [6.07, 6.45) is 6.28. The van der Waals surface area contributed by atoms with Crippen LogP contribution in [-0.4, -0.2) is 5.78 Å². The van der Waals surface area contributed by atoms with Crippen LogP contribution >= 0.6 is 0 Å². The van der Waals surface area contributed by atoms with Crippen molar-refractivity contribution in [2.75, 3.05) is 0 Å². The second-order valence-corrected chi connectivity index (χ2v) is 7.10. The Morgan fingerprint density at radius 2 is 1.76 bits per heavy atom. The number of allylic oxidation sites excluding steroid dienone is 4. The first kappa shape index (κ1) is 12.6. The highest BCUT2D eigenvalue weighted by Crippen LogP contribution is 2.49. The molecule has 0 saturated carbocycles. The molecule has 0 saturated heterocycles. The largest absolute Gasteiger partial charge is 0.294 e. The maximum Gasteiger partial charge on any atom is 0.163 e. The molecule has 0 aromatic heterocycles. The van der Waals surface area contributed by atoms with Crippen molar-refractivity contribution in [3.05, 3.63) is 22.8 Å². The lowest BCUT2D eigenvalue weighted by Gasteiger charge is -2.39. The maximum absolute atomic E-state index is 12.4. The summed E-state index contributed by atoms with van der Waals surface area (Å²) < 4.78 is 0. The van der Waals surface area contributed by atoms with E-state index in [1.807, 2.05) is 0 Å². The van der Waals surface area contributed by atoms with Crippen molar-refractivity contribution in [2.24, 2.45) is 10.8 Å². The van der Waals surface area contributed by atoms with Crippen LogP contribution in [0.4, 0.5) is 0 Å². The van der Waals surface area contributed by atoms with Gasteiger partial charge in [0.15, 0.2) is 5.78 Å². The van der Waals surface area contributed by atoms with Crippen molar-refractivity contribution in [1.29, 1.82) is 0 Å². The van der Waals surface area contributed by atoms with Gasteiger partial charge >= 0.3 is 0 Å². The first-order valence-electron chi connectivity index (χ1n) is 6.67. The number of ketones is 1. The van der Waals surface area contributed by atoms with E-state index in [2.05, 4.69) is 40.7 Å². The molecule has 0 radical (unpaired) electrons. The third-order valence-corrected chi connectivity index (χ3v) is 4.31. The molecule has 0 unspecified atom stereocenters. The molecule has 0 atom stereocenters. The van der Waals surface area contributed by atoms with Crippen LogP contribution in [0.2, 0.25) is 0 Å². The van der Waals surface area contributed by atoms with Gasteiger partial charge < -0.3 is 0 Å². The molecule has 0 bridgehead atoms. The maximum atomic E-state index is 12.4. The summed E-state index contributed by atoms with van der Waals surface area (Å²) in [5.74, 6) is 0.361. The van der Waals surface area contributed by atoms with Crippen molar-refractivity contribution in [3.8, 4) is 0 Å². The Kier molecular flexibility index (Phi) is 2.84. The van der Waals surface area contributed by atoms with E-state index in [4.69, 9.17) is 0 Å². The summed E-state index contributed by atoms with van der Waals surface area (Å²) in [5, 5.41) is 0. The number of carbonyl (C=O) groups excluding carboxylic acids is 1. The van der Waals surface area contributed by atoms with E-state index in [1.165, 1.54) is 11.1 Å². The van der Waals surface area contributed by atoms with Gasteiger partial charge in [-0.2, -0.15) is 0 Å². The standard InChI is InChI=1S/C16H24O/c1-11-7-6-8-16(4,5)12-9-15(2,3)10-13(17)14(11)12/h7H,6,8-10H2,1-5H3. The molecule has 0 spiro atoms. The highest BCUT2D eigenvalue weighted by Gasteiger charge is 2.39. The van der Waals surface area contributed by atoms with Crippen LogP contribution in [-0.2, 0) is 4.79 Å². The molecule has 0 N–H and O–H groups in total. The topological polar surface area (TPSA) is 17.1 Å². The van der Waals surface area contributed by atoms with E-state index in [9.17, 15) is 4.79 Å². The molecule has 0 aliphatic heterocycles. The molecular weight excluding hydrogens is 208 g/mol. The third kappa shape index (κ3) is 2.25. The first-order valence-corrected chi connectivity index (χ1v) is 6.67. The molecule has 94 valence electrons. The monoisotopic (exact) mass is 232 g/mol. The predicted molar refractivity (Wildman–Crippen MR) is 71.8 cm³/mol. The zero-order valence-electron chi connectivity index (χ0n) is 11.8. The predicted octanol–water partition coefficient (Wildman–Crippen LogP) is 4.44. The minimum Gasteiger partial charge on any atom is -0.294 e. The Bertz CT molecular complexity index is 419. The van der Waals surface area contributed by atoms with Crippen LogP contribution in [0.15, 0.2) is 22.8 Å². The van der Waals surface area contributed by atoms with E-state index in [0.717, 1.165) is 24.8 Å². The molecule has 1 nitrogen and oxygen atoms in total. The number of carbonyl (C=O) groups is 1. The van der Waals surface area contributed by atoms with Crippen molar-refractivity contribution in [1.82, 2.24) is 0 Å². The lowest BCUT2D eigenvalue weighted by Crippen LogP contribution is -2.31. The molecule has 0 heterocycles. The van der Waals surface area contributed by atoms with Gasteiger partial charge in [-0.3, -0.25) is 4.79 Å². The van der Waals surface area contributed by atoms with Crippen LogP contribution < -0.4 is 0 Å². The molecular formula is C16H24O. The Morgan fingerprint density at radius 1 is 1.12 bits per heavy atom. The Balaban J connectivity index is 2.58. The van der Waals surface area contributed by atoms with E-state index in [1.54, 1.807) is 0 Å². The molecule has 2 rings (SSSR count). The Hall–Kier alpha value is -0.850. The van der Waals surface area contributed by atoms with E-state index in [0.29, 0.717) is 12.2 Å². The summed E-state index contributed by atoms with van der Waals surface area (Å²) in [7, 11) is 0. The van der Waals surface area contributed by atoms with Crippen molar-refractivity contribution >= 4 is 5.78 Å². The molecule has 2 aliphatic carbocycles. The highest BCUT2D eigenvalue weighted by molar-refractivity contribution is 6.01.